The van der Waals surface area contributed by atoms with E-state index in [1.54, 1.807) is 0 Å². The second-order valence-corrected chi connectivity index (χ2v) is 6.16. The molecule has 1 saturated heterocycles. The van der Waals surface area contributed by atoms with Crippen LogP contribution in [-0.2, 0) is 0 Å². The van der Waals surface area contributed by atoms with E-state index < -0.39 is 6.08 Å². The molecule has 1 N–H and O–H groups in total. The van der Waals surface area contributed by atoms with E-state index in [0.29, 0.717) is 6.42 Å². The number of benzene rings is 2. The second kappa shape index (κ2) is 6.64. The van der Waals surface area contributed by atoms with Crippen LogP contribution < -0.4 is 0 Å². The van der Waals surface area contributed by atoms with E-state index in [-0.39, 0.29) is 18.0 Å². The zero-order chi connectivity index (χ0) is 16.4. The SMILES string of the molecule is [2H][C@]1(O)C[C@@H](c2ccccc2)N(C)[C@@H](c2ccccc2)[C@@H]1CC. The molecule has 0 aliphatic carbocycles. The highest BCUT2D eigenvalue weighted by Gasteiger charge is 2.40. The average molecular weight is 296 g/mol. The van der Waals surface area contributed by atoms with Crippen LogP contribution >= 0.6 is 0 Å². The molecule has 22 heavy (non-hydrogen) atoms. The molecule has 0 spiro atoms. The van der Waals surface area contributed by atoms with Gasteiger partial charge in [-0.25, -0.2) is 0 Å². The van der Waals surface area contributed by atoms with Gasteiger partial charge in [0, 0.05) is 18.0 Å². The Morgan fingerprint density at radius 2 is 1.59 bits per heavy atom. The summed E-state index contributed by atoms with van der Waals surface area (Å²) in [6.07, 6.45) is -0.191. The highest BCUT2D eigenvalue weighted by molar-refractivity contribution is 5.25. The molecular weight excluding hydrogens is 270 g/mol. The highest BCUT2D eigenvalue weighted by Crippen LogP contribution is 2.45. The van der Waals surface area contributed by atoms with Crippen LogP contribution in [0.3, 0.4) is 0 Å². The molecule has 0 amide bonds. The van der Waals surface area contributed by atoms with E-state index in [1.807, 2.05) is 36.4 Å². The van der Waals surface area contributed by atoms with Crippen LogP contribution in [0.15, 0.2) is 60.7 Å². The fourth-order valence-corrected chi connectivity index (χ4v) is 3.76. The summed E-state index contributed by atoms with van der Waals surface area (Å²) >= 11 is 0. The molecule has 0 radical (unpaired) electrons. The minimum absolute atomic E-state index is 0.0441. The molecule has 0 aromatic heterocycles. The van der Waals surface area contributed by atoms with Crippen LogP contribution in [0.5, 0.6) is 0 Å². The van der Waals surface area contributed by atoms with E-state index in [2.05, 4.69) is 43.1 Å². The largest absolute Gasteiger partial charge is 0.393 e. The molecular formula is C20H25NO. The maximum absolute atomic E-state index is 10.9. The molecule has 4 atom stereocenters. The zero-order valence-electron chi connectivity index (χ0n) is 14.3. The number of hydrogen-bond acceptors (Lipinski definition) is 2. The van der Waals surface area contributed by atoms with Crippen molar-refractivity contribution in [2.45, 2.75) is 37.9 Å². The van der Waals surface area contributed by atoms with Gasteiger partial charge in [0.1, 0.15) is 0 Å². The summed E-state index contributed by atoms with van der Waals surface area (Å²) < 4.78 is 8.56. The predicted molar refractivity (Wildman–Crippen MR) is 90.5 cm³/mol. The molecule has 2 heteroatoms. The summed E-state index contributed by atoms with van der Waals surface area (Å²) in [6, 6.07) is 20.6. The molecule has 0 bridgehead atoms. The van der Waals surface area contributed by atoms with Gasteiger partial charge >= 0.3 is 0 Å². The monoisotopic (exact) mass is 296 g/mol. The summed E-state index contributed by atoms with van der Waals surface area (Å²) in [5.74, 6) is -0.102. The van der Waals surface area contributed by atoms with Crippen LogP contribution in [0.4, 0.5) is 0 Å². The quantitative estimate of drug-likeness (QED) is 0.918. The number of nitrogens with zero attached hydrogens (tertiary/aromatic N) is 1. The van der Waals surface area contributed by atoms with Gasteiger partial charge in [-0.05, 0) is 31.0 Å². The molecule has 3 rings (SSSR count). The summed E-state index contributed by atoms with van der Waals surface area (Å²) in [7, 11) is 2.12. The van der Waals surface area contributed by atoms with Gasteiger partial charge in [-0.1, -0.05) is 67.6 Å². The van der Waals surface area contributed by atoms with Crippen molar-refractivity contribution in [3.8, 4) is 0 Å². The third-order valence-electron chi connectivity index (χ3n) is 4.91. The van der Waals surface area contributed by atoms with Gasteiger partial charge in [0.2, 0.25) is 0 Å². The van der Waals surface area contributed by atoms with Crippen LogP contribution in [0.2, 0.25) is 0 Å². The number of hydrogen-bond donors (Lipinski definition) is 1. The first-order chi connectivity index (χ1) is 11.0. The van der Waals surface area contributed by atoms with Crippen molar-refractivity contribution in [2.24, 2.45) is 5.92 Å². The molecule has 0 saturated carbocycles. The Balaban J connectivity index is 2.04. The van der Waals surface area contributed by atoms with E-state index in [1.165, 1.54) is 5.56 Å². The minimum atomic E-state index is -1.41. The Bertz CT molecular complexity index is 629. The fourth-order valence-electron chi connectivity index (χ4n) is 3.76. The number of rotatable bonds is 3. The van der Waals surface area contributed by atoms with Gasteiger partial charge in [0.05, 0.1) is 7.45 Å². The maximum atomic E-state index is 10.9. The van der Waals surface area contributed by atoms with Crippen LogP contribution in [0, 0.1) is 5.92 Å². The van der Waals surface area contributed by atoms with Gasteiger partial charge in [-0.3, -0.25) is 4.90 Å². The van der Waals surface area contributed by atoms with Crippen molar-refractivity contribution in [1.82, 2.24) is 4.90 Å². The molecule has 1 heterocycles. The molecule has 116 valence electrons. The summed E-state index contributed by atoms with van der Waals surface area (Å²) in [5, 5.41) is 10.9. The first kappa shape index (κ1) is 14.0. The van der Waals surface area contributed by atoms with Crippen LogP contribution in [-0.4, -0.2) is 23.1 Å². The predicted octanol–water partition coefficient (Wildman–Crippen LogP) is 4.19. The standard InChI is InChI=1S/C20H25NO/c1-3-17-19(22)14-18(15-10-6-4-7-11-15)21(2)20(17)16-12-8-5-9-13-16/h4-13,17-20,22H,3,14H2,1-2H3/t17-,18+,19+,20+/m1/s1/i19D. The zero-order valence-corrected chi connectivity index (χ0v) is 13.3. The molecule has 2 aromatic rings. The van der Waals surface area contributed by atoms with E-state index in [0.717, 1.165) is 12.0 Å². The maximum Gasteiger partial charge on any atom is 0.0605 e. The van der Waals surface area contributed by atoms with Gasteiger partial charge in [0.25, 0.3) is 0 Å². The third kappa shape index (κ3) is 2.81. The summed E-state index contributed by atoms with van der Waals surface area (Å²) in [6.45, 7) is 2.07. The second-order valence-electron chi connectivity index (χ2n) is 6.16. The summed E-state index contributed by atoms with van der Waals surface area (Å²) in [5.41, 5.74) is 2.34. The molecule has 2 nitrogen and oxygen atoms in total. The van der Waals surface area contributed by atoms with Crippen molar-refractivity contribution in [1.29, 1.82) is 0 Å². The lowest BCUT2D eigenvalue weighted by Gasteiger charge is -2.47. The van der Waals surface area contributed by atoms with Crippen LogP contribution in [0.1, 0.15) is 44.3 Å². The highest BCUT2D eigenvalue weighted by atomic mass is 16.3. The van der Waals surface area contributed by atoms with Gasteiger partial charge < -0.3 is 5.11 Å². The molecule has 1 aliphatic heterocycles. The summed E-state index contributed by atoms with van der Waals surface area (Å²) in [4.78, 5) is 2.34. The lowest BCUT2D eigenvalue weighted by atomic mass is 9.77. The lowest BCUT2D eigenvalue weighted by Crippen LogP contribution is -2.45. The van der Waals surface area contributed by atoms with Crippen molar-refractivity contribution in [3.63, 3.8) is 0 Å². The fraction of sp³-hybridized carbons (Fsp3) is 0.400. The van der Waals surface area contributed by atoms with Crippen molar-refractivity contribution in [2.75, 3.05) is 7.05 Å². The van der Waals surface area contributed by atoms with E-state index >= 15 is 0 Å². The Kier molecular flexibility index (Phi) is 4.22. The average Bonchev–Trinajstić information content (AvgIpc) is 2.57. The molecule has 2 aromatic carbocycles. The normalized spacial score (nSPS) is 33.4. The Labute approximate surface area is 134 Å². The van der Waals surface area contributed by atoms with Gasteiger partial charge in [0.15, 0.2) is 0 Å². The number of likely N-dealkylation sites (tertiary alicyclic amines) is 1. The van der Waals surface area contributed by atoms with Crippen molar-refractivity contribution < 1.29 is 6.48 Å². The third-order valence-corrected chi connectivity index (χ3v) is 4.91. The molecule has 1 fully saturated rings. The van der Waals surface area contributed by atoms with Crippen molar-refractivity contribution in [3.05, 3.63) is 71.8 Å². The topological polar surface area (TPSA) is 23.5 Å². The molecule has 1 aliphatic rings. The molecule has 0 unspecified atom stereocenters. The Hall–Kier alpha value is -1.64. The Morgan fingerprint density at radius 3 is 2.14 bits per heavy atom. The van der Waals surface area contributed by atoms with Crippen molar-refractivity contribution >= 4 is 0 Å². The van der Waals surface area contributed by atoms with E-state index in [9.17, 15) is 5.11 Å². The van der Waals surface area contributed by atoms with E-state index in [4.69, 9.17) is 1.37 Å². The number of aliphatic hydroxyl groups is 1. The van der Waals surface area contributed by atoms with Gasteiger partial charge in [-0.15, -0.1) is 0 Å². The van der Waals surface area contributed by atoms with Gasteiger partial charge in [-0.2, -0.15) is 0 Å². The minimum Gasteiger partial charge on any atom is -0.393 e. The number of piperidine rings is 1. The Morgan fingerprint density at radius 1 is 1.05 bits per heavy atom. The first-order valence-corrected chi connectivity index (χ1v) is 8.09. The first-order valence-electron chi connectivity index (χ1n) is 8.59. The lowest BCUT2D eigenvalue weighted by molar-refractivity contribution is -0.0418. The smallest absolute Gasteiger partial charge is 0.0605 e. The van der Waals surface area contributed by atoms with Crippen LogP contribution in [0.25, 0.3) is 0 Å².